The van der Waals surface area contributed by atoms with E-state index in [1.807, 2.05) is 42.5 Å². The molecule has 0 radical (unpaired) electrons. The number of rotatable bonds is 6. The summed E-state index contributed by atoms with van der Waals surface area (Å²) >= 11 is 0. The van der Waals surface area contributed by atoms with E-state index >= 15 is 0 Å². The van der Waals surface area contributed by atoms with E-state index in [-0.39, 0.29) is 12.5 Å². The molecule has 0 aliphatic carbocycles. The summed E-state index contributed by atoms with van der Waals surface area (Å²) in [6.07, 6.45) is 0. The zero-order valence-corrected chi connectivity index (χ0v) is 12.3. The number of carbonyl (C=O) groups is 1. The first-order chi connectivity index (χ1) is 10.2. The fourth-order valence-electron chi connectivity index (χ4n) is 1.89. The number of hydrogen-bond acceptors (Lipinski definition) is 3. The van der Waals surface area contributed by atoms with E-state index in [0.717, 1.165) is 5.56 Å². The third kappa shape index (κ3) is 4.53. The Balaban J connectivity index is 1.86. The number of methoxy groups -OCH3 is 1. The number of ether oxygens (including phenoxy) is 2. The minimum Gasteiger partial charge on any atom is -0.497 e. The maximum absolute atomic E-state index is 12.0. The molecule has 1 amide bonds. The lowest BCUT2D eigenvalue weighted by Crippen LogP contribution is -2.30. The smallest absolute Gasteiger partial charge is 0.260 e. The Morgan fingerprint density at radius 2 is 1.76 bits per heavy atom. The molecule has 0 N–H and O–H groups in total. The number of benzene rings is 2. The molecule has 0 spiro atoms. The molecule has 0 unspecified atom stereocenters. The van der Waals surface area contributed by atoms with Crippen LogP contribution < -0.4 is 9.47 Å². The molecule has 21 heavy (non-hydrogen) atoms. The largest absolute Gasteiger partial charge is 0.497 e. The minimum absolute atomic E-state index is 0.0104. The highest BCUT2D eigenvalue weighted by atomic mass is 16.5. The van der Waals surface area contributed by atoms with Gasteiger partial charge in [-0.1, -0.05) is 36.4 Å². The normalized spacial score (nSPS) is 10.0. The van der Waals surface area contributed by atoms with Crippen molar-refractivity contribution in [2.45, 2.75) is 6.54 Å². The van der Waals surface area contributed by atoms with Crippen molar-refractivity contribution in [2.75, 3.05) is 20.8 Å². The molecular weight excluding hydrogens is 266 g/mol. The molecule has 4 nitrogen and oxygen atoms in total. The lowest BCUT2D eigenvalue weighted by Gasteiger charge is -2.17. The second-order valence-electron chi connectivity index (χ2n) is 4.70. The van der Waals surface area contributed by atoms with Crippen molar-refractivity contribution in [3.8, 4) is 11.5 Å². The van der Waals surface area contributed by atoms with Gasteiger partial charge in [0.1, 0.15) is 11.5 Å². The summed E-state index contributed by atoms with van der Waals surface area (Å²) < 4.78 is 10.6. The van der Waals surface area contributed by atoms with Gasteiger partial charge >= 0.3 is 0 Å². The molecule has 0 bridgehead atoms. The van der Waals surface area contributed by atoms with Crippen LogP contribution >= 0.6 is 0 Å². The van der Waals surface area contributed by atoms with Gasteiger partial charge in [0.25, 0.3) is 5.91 Å². The average molecular weight is 285 g/mol. The van der Waals surface area contributed by atoms with Gasteiger partial charge in [-0.3, -0.25) is 4.79 Å². The van der Waals surface area contributed by atoms with Crippen molar-refractivity contribution in [2.24, 2.45) is 0 Å². The van der Waals surface area contributed by atoms with Gasteiger partial charge < -0.3 is 14.4 Å². The molecule has 2 aromatic rings. The zero-order chi connectivity index (χ0) is 15.1. The third-order valence-corrected chi connectivity index (χ3v) is 3.09. The monoisotopic (exact) mass is 285 g/mol. The van der Waals surface area contributed by atoms with Crippen LogP contribution in [0.5, 0.6) is 11.5 Å². The fourth-order valence-corrected chi connectivity index (χ4v) is 1.89. The fraction of sp³-hybridized carbons (Fsp3) is 0.235. The first kappa shape index (κ1) is 14.9. The van der Waals surface area contributed by atoms with Gasteiger partial charge in [0, 0.05) is 19.7 Å². The van der Waals surface area contributed by atoms with Gasteiger partial charge in [-0.05, 0) is 17.7 Å². The number of nitrogens with zero attached hydrogens (tertiary/aromatic N) is 1. The third-order valence-electron chi connectivity index (χ3n) is 3.09. The molecular formula is C17H19NO3. The Bertz CT molecular complexity index is 584. The van der Waals surface area contributed by atoms with Gasteiger partial charge in [0.2, 0.25) is 0 Å². The lowest BCUT2D eigenvalue weighted by molar-refractivity contribution is -0.132. The first-order valence-electron chi connectivity index (χ1n) is 6.74. The highest BCUT2D eigenvalue weighted by Crippen LogP contribution is 2.18. The molecule has 0 aliphatic heterocycles. The molecule has 2 rings (SSSR count). The van der Waals surface area contributed by atoms with Crippen molar-refractivity contribution >= 4 is 5.91 Å². The van der Waals surface area contributed by atoms with Gasteiger partial charge in [-0.25, -0.2) is 0 Å². The molecule has 110 valence electrons. The summed E-state index contributed by atoms with van der Waals surface area (Å²) in [6.45, 7) is 0.581. The van der Waals surface area contributed by atoms with Crippen LogP contribution in [-0.2, 0) is 11.3 Å². The van der Waals surface area contributed by atoms with E-state index < -0.39 is 0 Å². The Hall–Kier alpha value is -2.49. The van der Waals surface area contributed by atoms with E-state index in [0.29, 0.717) is 18.0 Å². The van der Waals surface area contributed by atoms with Crippen LogP contribution in [0.15, 0.2) is 54.6 Å². The Labute approximate surface area is 124 Å². The maximum Gasteiger partial charge on any atom is 0.260 e. The molecule has 0 fully saturated rings. The van der Waals surface area contributed by atoms with Gasteiger partial charge in [0.05, 0.1) is 7.11 Å². The van der Waals surface area contributed by atoms with E-state index in [1.54, 1.807) is 31.2 Å². The first-order valence-corrected chi connectivity index (χ1v) is 6.74. The van der Waals surface area contributed by atoms with Crippen LogP contribution in [0.4, 0.5) is 0 Å². The van der Waals surface area contributed by atoms with Gasteiger partial charge in [0.15, 0.2) is 6.61 Å². The van der Waals surface area contributed by atoms with Crippen molar-refractivity contribution < 1.29 is 14.3 Å². The lowest BCUT2D eigenvalue weighted by atomic mass is 10.2. The molecule has 0 atom stereocenters. The summed E-state index contributed by atoms with van der Waals surface area (Å²) in [6, 6.07) is 17.1. The minimum atomic E-state index is -0.0679. The second-order valence-corrected chi connectivity index (χ2v) is 4.70. The van der Waals surface area contributed by atoms with Crippen molar-refractivity contribution in [3.63, 3.8) is 0 Å². The topological polar surface area (TPSA) is 38.8 Å². The van der Waals surface area contributed by atoms with Crippen LogP contribution in [0.3, 0.4) is 0 Å². The van der Waals surface area contributed by atoms with Crippen LogP contribution in [0, 0.1) is 0 Å². The molecule has 0 saturated heterocycles. The zero-order valence-electron chi connectivity index (χ0n) is 12.3. The average Bonchev–Trinajstić information content (AvgIpc) is 2.53. The summed E-state index contributed by atoms with van der Waals surface area (Å²) in [5.74, 6) is 1.26. The summed E-state index contributed by atoms with van der Waals surface area (Å²) in [7, 11) is 3.36. The summed E-state index contributed by atoms with van der Waals surface area (Å²) in [5, 5.41) is 0. The van der Waals surface area contributed by atoms with E-state index in [1.165, 1.54) is 0 Å². The molecule has 0 heterocycles. The molecule has 0 aromatic heterocycles. The Morgan fingerprint density at radius 1 is 1.05 bits per heavy atom. The van der Waals surface area contributed by atoms with Crippen LogP contribution in [0.25, 0.3) is 0 Å². The predicted molar refractivity (Wildman–Crippen MR) is 81.4 cm³/mol. The number of hydrogen-bond donors (Lipinski definition) is 0. The van der Waals surface area contributed by atoms with Crippen molar-refractivity contribution in [1.29, 1.82) is 0 Å². The standard InChI is InChI=1S/C17H19NO3/c1-18(12-14-7-4-3-5-8-14)17(19)13-21-16-10-6-9-15(11-16)20-2/h3-11H,12-13H2,1-2H3. The molecule has 0 saturated carbocycles. The molecule has 0 aliphatic rings. The summed E-state index contributed by atoms with van der Waals surface area (Å²) in [5.41, 5.74) is 1.09. The van der Waals surface area contributed by atoms with Crippen LogP contribution in [-0.4, -0.2) is 31.6 Å². The van der Waals surface area contributed by atoms with Gasteiger partial charge in [-0.2, -0.15) is 0 Å². The number of carbonyl (C=O) groups excluding carboxylic acids is 1. The molecule has 2 aromatic carbocycles. The summed E-state index contributed by atoms with van der Waals surface area (Å²) in [4.78, 5) is 13.7. The highest BCUT2D eigenvalue weighted by Gasteiger charge is 2.10. The van der Waals surface area contributed by atoms with Crippen molar-refractivity contribution in [3.05, 3.63) is 60.2 Å². The Morgan fingerprint density at radius 3 is 2.48 bits per heavy atom. The number of likely N-dealkylation sites (N-methyl/N-ethyl adjacent to an activating group) is 1. The molecule has 4 heteroatoms. The Kier molecular flexibility index (Phi) is 5.21. The van der Waals surface area contributed by atoms with Crippen LogP contribution in [0.2, 0.25) is 0 Å². The highest BCUT2D eigenvalue weighted by molar-refractivity contribution is 5.77. The second kappa shape index (κ2) is 7.33. The van der Waals surface area contributed by atoms with Gasteiger partial charge in [-0.15, -0.1) is 0 Å². The van der Waals surface area contributed by atoms with Crippen LogP contribution in [0.1, 0.15) is 5.56 Å². The van der Waals surface area contributed by atoms with E-state index in [9.17, 15) is 4.79 Å². The maximum atomic E-state index is 12.0. The number of amides is 1. The van der Waals surface area contributed by atoms with E-state index in [4.69, 9.17) is 9.47 Å². The van der Waals surface area contributed by atoms with E-state index in [2.05, 4.69) is 0 Å². The van der Waals surface area contributed by atoms with Crippen molar-refractivity contribution in [1.82, 2.24) is 4.90 Å². The SMILES string of the molecule is COc1cccc(OCC(=O)N(C)Cc2ccccc2)c1. The quantitative estimate of drug-likeness (QED) is 0.819. The predicted octanol–water partition coefficient (Wildman–Crippen LogP) is 2.73.